The minimum atomic E-state index is 0.716. The van der Waals surface area contributed by atoms with Crippen molar-refractivity contribution in [3.8, 4) is 0 Å². The SMILES string of the molecule is Nc1cccnc1SCc1ccc2ccccc2n1. The van der Waals surface area contributed by atoms with E-state index in [9.17, 15) is 0 Å². The zero-order chi connectivity index (χ0) is 13.1. The van der Waals surface area contributed by atoms with Crippen LogP contribution in [0.4, 0.5) is 5.69 Å². The molecule has 0 atom stereocenters. The predicted molar refractivity (Wildman–Crippen MR) is 80.0 cm³/mol. The molecule has 2 N–H and O–H groups in total. The lowest BCUT2D eigenvalue weighted by Crippen LogP contribution is -1.92. The Morgan fingerprint density at radius 1 is 1.00 bits per heavy atom. The first-order valence-electron chi connectivity index (χ1n) is 6.01. The summed E-state index contributed by atoms with van der Waals surface area (Å²) >= 11 is 1.61. The molecule has 2 heterocycles. The van der Waals surface area contributed by atoms with Crippen molar-refractivity contribution in [3.63, 3.8) is 0 Å². The van der Waals surface area contributed by atoms with Gasteiger partial charge in [-0.2, -0.15) is 0 Å². The maximum Gasteiger partial charge on any atom is 0.119 e. The highest BCUT2D eigenvalue weighted by atomic mass is 32.2. The molecule has 0 bridgehead atoms. The Labute approximate surface area is 115 Å². The molecule has 0 spiro atoms. The van der Waals surface area contributed by atoms with Gasteiger partial charge in [-0.1, -0.05) is 36.0 Å². The van der Waals surface area contributed by atoms with E-state index in [1.165, 1.54) is 0 Å². The van der Waals surface area contributed by atoms with E-state index < -0.39 is 0 Å². The largest absolute Gasteiger partial charge is 0.397 e. The first kappa shape index (κ1) is 12.0. The lowest BCUT2D eigenvalue weighted by Gasteiger charge is -2.04. The molecule has 3 nitrogen and oxygen atoms in total. The number of aromatic nitrogens is 2. The van der Waals surface area contributed by atoms with Crippen LogP contribution in [0.5, 0.6) is 0 Å². The normalized spacial score (nSPS) is 10.7. The van der Waals surface area contributed by atoms with Gasteiger partial charge in [0.15, 0.2) is 0 Å². The van der Waals surface area contributed by atoms with Gasteiger partial charge in [0, 0.05) is 17.3 Å². The summed E-state index contributed by atoms with van der Waals surface area (Å²) in [4.78, 5) is 8.90. The number of nitrogens with zero attached hydrogens (tertiary/aromatic N) is 2. The standard InChI is InChI=1S/C15H13N3S/c16-13-5-3-9-17-15(13)19-10-12-8-7-11-4-1-2-6-14(11)18-12/h1-9H,10,16H2. The van der Waals surface area contributed by atoms with Crippen LogP contribution in [0.2, 0.25) is 0 Å². The van der Waals surface area contributed by atoms with Crippen LogP contribution in [0.1, 0.15) is 5.69 Å². The summed E-state index contributed by atoms with van der Waals surface area (Å²) in [5.74, 6) is 0.770. The Balaban J connectivity index is 1.80. The Morgan fingerprint density at radius 3 is 2.79 bits per heavy atom. The number of rotatable bonds is 3. The second-order valence-electron chi connectivity index (χ2n) is 4.18. The highest BCUT2D eigenvalue weighted by Gasteiger charge is 2.03. The van der Waals surface area contributed by atoms with Crippen LogP contribution >= 0.6 is 11.8 Å². The molecule has 0 saturated heterocycles. The summed E-state index contributed by atoms with van der Waals surface area (Å²) in [6.45, 7) is 0. The zero-order valence-corrected chi connectivity index (χ0v) is 11.1. The maximum atomic E-state index is 5.87. The van der Waals surface area contributed by atoms with Gasteiger partial charge in [-0.15, -0.1) is 0 Å². The van der Waals surface area contributed by atoms with E-state index in [4.69, 9.17) is 5.73 Å². The van der Waals surface area contributed by atoms with Crippen molar-refractivity contribution in [3.05, 3.63) is 60.4 Å². The van der Waals surface area contributed by atoms with Gasteiger partial charge in [0.25, 0.3) is 0 Å². The second kappa shape index (κ2) is 5.28. The number of para-hydroxylation sites is 1. The lowest BCUT2D eigenvalue weighted by atomic mass is 10.2. The van der Waals surface area contributed by atoms with Crippen molar-refractivity contribution in [2.75, 3.05) is 5.73 Å². The van der Waals surface area contributed by atoms with Gasteiger partial charge in [0.1, 0.15) is 5.03 Å². The fourth-order valence-corrected chi connectivity index (χ4v) is 2.67. The molecule has 0 saturated carbocycles. The van der Waals surface area contributed by atoms with Crippen molar-refractivity contribution in [2.24, 2.45) is 0 Å². The molecule has 94 valence electrons. The Kier molecular flexibility index (Phi) is 3.33. The second-order valence-corrected chi connectivity index (χ2v) is 5.15. The van der Waals surface area contributed by atoms with Crippen LogP contribution in [-0.2, 0) is 5.75 Å². The van der Waals surface area contributed by atoms with Crippen molar-refractivity contribution in [1.82, 2.24) is 9.97 Å². The van der Waals surface area contributed by atoms with Crippen LogP contribution in [0.25, 0.3) is 10.9 Å². The van der Waals surface area contributed by atoms with Gasteiger partial charge < -0.3 is 5.73 Å². The highest BCUT2D eigenvalue weighted by Crippen LogP contribution is 2.25. The number of nitrogen functional groups attached to an aromatic ring is 1. The molecule has 2 aromatic heterocycles. The number of nitrogens with two attached hydrogens (primary N) is 1. The summed E-state index contributed by atoms with van der Waals surface area (Å²) in [6.07, 6.45) is 1.76. The van der Waals surface area contributed by atoms with Gasteiger partial charge in [-0.25, -0.2) is 4.98 Å². The number of hydrogen-bond acceptors (Lipinski definition) is 4. The topological polar surface area (TPSA) is 51.8 Å². The summed E-state index contributed by atoms with van der Waals surface area (Å²) < 4.78 is 0. The van der Waals surface area contributed by atoms with E-state index in [-0.39, 0.29) is 0 Å². The van der Waals surface area contributed by atoms with E-state index in [1.807, 2.05) is 30.3 Å². The number of fused-ring (bicyclic) bond motifs is 1. The van der Waals surface area contributed by atoms with Crippen molar-refractivity contribution in [1.29, 1.82) is 0 Å². The Morgan fingerprint density at radius 2 is 1.89 bits per heavy atom. The molecule has 0 radical (unpaired) electrons. The summed E-state index contributed by atoms with van der Waals surface area (Å²) in [5, 5.41) is 2.02. The van der Waals surface area contributed by atoms with Gasteiger partial charge in [-0.3, -0.25) is 4.98 Å². The molecule has 4 heteroatoms. The predicted octanol–water partition coefficient (Wildman–Crippen LogP) is 3.50. The minimum Gasteiger partial charge on any atom is -0.397 e. The van der Waals surface area contributed by atoms with Crippen LogP contribution in [0, 0.1) is 0 Å². The van der Waals surface area contributed by atoms with Crippen molar-refractivity contribution in [2.45, 2.75) is 10.8 Å². The average Bonchev–Trinajstić information content (AvgIpc) is 2.46. The van der Waals surface area contributed by atoms with Crippen LogP contribution < -0.4 is 5.73 Å². The molecule has 0 aliphatic heterocycles. The van der Waals surface area contributed by atoms with E-state index in [0.29, 0.717) is 5.69 Å². The van der Waals surface area contributed by atoms with Crippen molar-refractivity contribution >= 4 is 28.4 Å². The van der Waals surface area contributed by atoms with E-state index in [2.05, 4.69) is 28.2 Å². The number of thioether (sulfide) groups is 1. The first-order chi connectivity index (χ1) is 9.33. The molecule has 19 heavy (non-hydrogen) atoms. The molecular formula is C15H13N3S. The quantitative estimate of drug-likeness (QED) is 0.738. The third-order valence-corrected chi connectivity index (χ3v) is 3.87. The van der Waals surface area contributed by atoms with Crippen LogP contribution in [0.3, 0.4) is 0 Å². The molecule has 0 aliphatic carbocycles. The Bertz CT molecular complexity index is 712. The first-order valence-corrected chi connectivity index (χ1v) is 6.99. The maximum absolute atomic E-state index is 5.87. The van der Waals surface area contributed by atoms with Crippen LogP contribution in [-0.4, -0.2) is 9.97 Å². The van der Waals surface area contributed by atoms with Gasteiger partial charge in [0.05, 0.1) is 16.9 Å². The van der Waals surface area contributed by atoms with E-state index >= 15 is 0 Å². The number of benzene rings is 1. The molecule has 0 amide bonds. The molecular weight excluding hydrogens is 254 g/mol. The fourth-order valence-electron chi connectivity index (χ4n) is 1.85. The third-order valence-electron chi connectivity index (χ3n) is 2.81. The summed E-state index contributed by atoms with van der Waals surface area (Å²) in [6, 6.07) is 16.0. The third kappa shape index (κ3) is 2.69. The number of pyridine rings is 2. The molecule has 3 aromatic rings. The van der Waals surface area contributed by atoms with Gasteiger partial charge in [-0.05, 0) is 24.3 Å². The minimum absolute atomic E-state index is 0.716. The molecule has 3 rings (SSSR count). The Hall–Kier alpha value is -2.07. The van der Waals surface area contributed by atoms with Gasteiger partial charge in [0.2, 0.25) is 0 Å². The molecule has 0 unspecified atom stereocenters. The number of anilines is 1. The summed E-state index contributed by atoms with van der Waals surface area (Å²) in [7, 11) is 0. The molecule has 1 aromatic carbocycles. The summed E-state index contributed by atoms with van der Waals surface area (Å²) in [5.41, 5.74) is 8.65. The molecule has 0 fully saturated rings. The number of hydrogen-bond donors (Lipinski definition) is 1. The average molecular weight is 267 g/mol. The van der Waals surface area contributed by atoms with Crippen LogP contribution in [0.15, 0.2) is 59.8 Å². The highest BCUT2D eigenvalue weighted by molar-refractivity contribution is 7.98. The smallest absolute Gasteiger partial charge is 0.119 e. The van der Waals surface area contributed by atoms with E-state index in [1.54, 1.807) is 18.0 Å². The van der Waals surface area contributed by atoms with E-state index in [0.717, 1.165) is 27.4 Å². The molecule has 0 aliphatic rings. The zero-order valence-electron chi connectivity index (χ0n) is 10.3. The van der Waals surface area contributed by atoms with Gasteiger partial charge >= 0.3 is 0 Å². The fraction of sp³-hybridized carbons (Fsp3) is 0.0667. The van der Waals surface area contributed by atoms with Crippen molar-refractivity contribution < 1.29 is 0 Å². The monoisotopic (exact) mass is 267 g/mol. The lowest BCUT2D eigenvalue weighted by molar-refractivity contribution is 1.13.